The minimum atomic E-state index is -0.475. The fourth-order valence-corrected chi connectivity index (χ4v) is 3.23. The molecule has 25 heavy (non-hydrogen) atoms. The molecule has 1 atom stereocenters. The van der Waals surface area contributed by atoms with E-state index >= 15 is 0 Å². The van der Waals surface area contributed by atoms with Gasteiger partial charge in [-0.3, -0.25) is 4.79 Å². The molecular formula is C17H18FN5O2. The zero-order valence-electron chi connectivity index (χ0n) is 14.0. The highest BCUT2D eigenvalue weighted by Gasteiger charge is 2.35. The van der Waals surface area contributed by atoms with Crippen LogP contribution >= 0.6 is 0 Å². The molecule has 8 heteroatoms. The van der Waals surface area contributed by atoms with Gasteiger partial charge in [-0.2, -0.15) is 4.98 Å². The molecule has 1 amide bonds. The first-order chi connectivity index (χ1) is 12.0. The van der Waals surface area contributed by atoms with Gasteiger partial charge >= 0.3 is 0 Å². The Labute approximate surface area is 143 Å². The minimum Gasteiger partial charge on any atom is -0.344 e. The van der Waals surface area contributed by atoms with Crippen LogP contribution in [0.3, 0.4) is 0 Å². The maximum Gasteiger partial charge on any atom is 0.256 e. The molecule has 1 aliphatic heterocycles. The highest BCUT2D eigenvalue weighted by molar-refractivity contribution is 6.05. The second-order valence-electron chi connectivity index (χ2n) is 6.55. The van der Waals surface area contributed by atoms with Crippen LogP contribution in [0.15, 0.2) is 23.0 Å². The van der Waals surface area contributed by atoms with E-state index in [4.69, 9.17) is 4.52 Å². The summed E-state index contributed by atoms with van der Waals surface area (Å²) >= 11 is 0. The molecule has 1 aromatic carbocycles. The van der Waals surface area contributed by atoms with Crippen LogP contribution in [0.25, 0.3) is 11.0 Å². The summed E-state index contributed by atoms with van der Waals surface area (Å²) in [5.41, 5.74) is 1.21. The Morgan fingerprint density at radius 1 is 1.44 bits per heavy atom. The Morgan fingerprint density at radius 2 is 2.28 bits per heavy atom. The molecule has 1 saturated heterocycles. The normalized spacial score (nSPS) is 17.8. The summed E-state index contributed by atoms with van der Waals surface area (Å²) in [6.45, 7) is 4.50. The summed E-state index contributed by atoms with van der Waals surface area (Å²) in [5, 5.41) is 4.04. The zero-order chi connectivity index (χ0) is 17.6. The van der Waals surface area contributed by atoms with Gasteiger partial charge in [0.05, 0.1) is 23.4 Å². The van der Waals surface area contributed by atoms with Crippen LogP contribution in [0.1, 0.15) is 60.7 Å². The number of aromatic nitrogens is 4. The minimum absolute atomic E-state index is 0.124. The van der Waals surface area contributed by atoms with Gasteiger partial charge in [0, 0.05) is 12.5 Å². The van der Waals surface area contributed by atoms with Gasteiger partial charge in [-0.05, 0) is 25.0 Å². The fourth-order valence-electron chi connectivity index (χ4n) is 3.23. The molecular weight excluding hydrogens is 325 g/mol. The number of halogens is 1. The van der Waals surface area contributed by atoms with E-state index in [1.165, 1.54) is 18.5 Å². The number of amides is 1. The van der Waals surface area contributed by atoms with Crippen molar-refractivity contribution in [3.05, 3.63) is 41.6 Å². The van der Waals surface area contributed by atoms with Gasteiger partial charge in [0.25, 0.3) is 5.91 Å². The van der Waals surface area contributed by atoms with Crippen molar-refractivity contribution >= 4 is 16.9 Å². The van der Waals surface area contributed by atoms with Gasteiger partial charge in [-0.15, -0.1) is 0 Å². The first kappa shape index (κ1) is 15.7. The van der Waals surface area contributed by atoms with Crippen molar-refractivity contribution in [2.75, 3.05) is 6.54 Å². The number of carbonyl (C=O) groups is 1. The molecule has 1 fully saturated rings. The van der Waals surface area contributed by atoms with Crippen molar-refractivity contribution in [1.82, 2.24) is 25.0 Å². The Hall–Kier alpha value is -2.77. The summed E-state index contributed by atoms with van der Waals surface area (Å²) in [6.07, 6.45) is 3.04. The number of nitrogens with zero attached hydrogens (tertiary/aromatic N) is 4. The topological polar surface area (TPSA) is 87.9 Å². The van der Waals surface area contributed by atoms with Crippen LogP contribution in [0.2, 0.25) is 0 Å². The number of hydrogen-bond acceptors (Lipinski definition) is 5. The lowest BCUT2D eigenvalue weighted by molar-refractivity contribution is 0.0729. The number of fused-ring (bicyclic) bond motifs is 1. The quantitative estimate of drug-likeness (QED) is 0.789. The van der Waals surface area contributed by atoms with Gasteiger partial charge < -0.3 is 14.4 Å². The third kappa shape index (κ3) is 2.67. The monoisotopic (exact) mass is 343 g/mol. The molecule has 0 spiro atoms. The predicted octanol–water partition coefficient (Wildman–Crippen LogP) is 3.19. The molecule has 0 saturated carbocycles. The molecule has 7 nitrogen and oxygen atoms in total. The van der Waals surface area contributed by atoms with E-state index in [2.05, 4.69) is 20.1 Å². The number of H-pyrrole nitrogens is 1. The second kappa shape index (κ2) is 5.94. The number of benzene rings is 1. The summed E-state index contributed by atoms with van der Waals surface area (Å²) in [4.78, 5) is 26.2. The summed E-state index contributed by atoms with van der Waals surface area (Å²) in [7, 11) is 0. The number of likely N-dealkylation sites (tertiary alicyclic amines) is 1. The van der Waals surface area contributed by atoms with Crippen LogP contribution in [0, 0.1) is 5.82 Å². The molecule has 0 unspecified atom stereocenters. The standard InChI is InChI=1S/C17H18FN5O2/c1-9(2)16-21-15(22-25-16)13-4-3-5-23(13)17(24)11-6-10(18)7-12-14(11)20-8-19-12/h6-9,13H,3-5H2,1-2H3,(H,19,20)/t13-/m1/s1. The van der Waals surface area contributed by atoms with Crippen molar-refractivity contribution in [3.8, 4) is 0 Å². The summed E-state index contributed by atoms with van der Waals surface area (Å²) < 4.78 is 19.1. The van der Waals surface area contributed by atoms with Crippen LogP contribution < -0.4 is 0 Å². The van der Waals surface area contributed by atoms with Gasteiger partial charge in [0.15, 0.2) is 5.82 Å². The predicted molar refractivity (Wildman–Crippen MR) is 87.5 cm³/mol. The molecule has 4 rings (SSSR count). The number of carbonyl (C=O) groups excluding carboxylic acids is 1. The smallest absolute Gasteiger partial charge is 0.256 e. The Balaban J connectivity index is 1.69. The lowest BCUT2D eigenvalue weighted by atomic mass is 10.1. The molecule has 130 valence electrons. The zero-order valence-corrected chi connectivity index (χ0v) is 14.0. The number of rotatable bonds is 3. The van der Waals surface area contributed by atoms with Crippen molar-refractivity contribution in [2.24, 2.45) is 0 Å². The maximum absolute atomic E-state index is 13.9. The van der Waals surface area contributed by atoms with E-state index in [-0.39, 0.29) is 23.4 Å². The van der Waals surface area contributed by atoms with E-state index < -0.39 is 5.82 Å². The maximum atomic E-state index is 13.9. The molecule has 2 aromatic heterocycles. The fraction of sp³-hybridized carbons (Fsp3) is 0.412. The summed E-state index contributed by atoms with van der Waals surface area (Å²) in [5.74, 6) is 0.435. The van der Waals surface area contributed by atoms with Gasteiger partial charge in [-0.25, -0.2) is 9.37 Å². The number of nitrogens with one attached hydrogen (secondary N) is 1. The van der Waals surface area contributed by atoms with Crippen molar-refractivity contribution in [3.63, 3.8) is 0 Å². The van der Waals surface area contributed by atoms with E-state index in [9.17, 15) is 9.18 Å². The van der Waals surface area contributed by atoms with E-state index in [1.54, 1.807) is 4.90 Å². The number of hydrogen-bond donors (Lipinski definition) is 1. The van der Waals surface area contributed by atoms with Crippen molar-refractivity contribution in [1.29, 1.82) is 0 Å². The van der Waals surface area contributed by atoms with Gasteiger partial charge in [-0.1, -0.05) is 19.0 Å². The van der Waals surface area contributed by atoms with Crippen molar-refractivity contribution in [2.45, 2.75) is 38.6 Å². The average molecular weight is 343 g/mol. The van der Waals surface area contributed by atoms with E-state index in [0.717, 1.165) is 12.8 Å². The van der Waals surface area contributed by atoms with E-state index in [1.807, 2.05) is 13.8 Å². The molecule has 3 aromatic rings. The molecule has 0 radical (unpaired) electrons. The highest BCUT2D eigenvalue weighted by Crippen LogP contribution is 2.33. The molecule has 1 N–H and O–H groups in total. The van der Waals surface area contributed by atoms with Crippen LogP contribution in [-0.2, 0) is 0 Å². The third-order valence-electron chi connectivity index (χ3n) is 4.48. The lowest BCUT2D eigenvalue weighted by Gasteiger charge is -2.22. The number of imidazole rings is 1. The third-order valence-corrected chi connectivity index (χ3v) is 4.48. The Morgan fingerprint density at radius 3 is 3.04 bits per heavy atom. The van der Waals surface area contributed by atoms with Crippen LogP contribution in [0.4, 0.5) is 4.39 Å². The van der Waals surface area contributed by atoms with E-state index in [0.29, 0.717) is 29.3 Å². The first-order valence-corrected chi connectivity index (χ1v) is 8.31. The van der Waals surface area contributed by atoms with Crippen molar-refractivity contribution < 1.29 is 13.7 Å². The SMILES string of the molecule is CC(C)c1nc([C@H]2CCCN2C(=O)c2cc(F)cc3[nH]cnc23)no1. The Kier molecular flexibility index (Phi) is 3.74. The molecule has 0 bridgehead atoms. The first-order valence-electron chi connectivity index (χ1n) is 8.31. The Bertz CT molecular complexity index is 932. The average Bonchev–Trinajstić information content (AvgIpc) is 3.31. The van der Waals surface area contributed by atoms with Crippen LogP contribution in [-0.4, -0.2) is 37.5 Å². The molecule has 1 aliphatic rings. The largest absolute Gasteiger partial charge is 0.344 e. The lowest BCUT2D eigenvalue weighted by Crippen LogP contribution is -2.31. The molecule has 3 heterocycles. The van der Waals surface area contributed by atoms with Gasteiger partial charge in [0.1, 0.15) is 11.3 Å². The second-order valence-corrected chi connectivity index (χ2v) is 6.55. The number of aromatic amines is 1. The molecule has 0 aliphatic carbocycles. The van der Waals surface area contributed by atoms with Crippen LogP contribution in [0.5, 0.6) is 0 Å². The van der Waals surface area contributed by atoms with Gasteiger partial charge in [0.2, 0.25) is 5.89 Å². The highest BCUT2D eigenvalue weighted by atomic mass is 19.1. The summed E-state index contributed by atoms with van der Waals surface area (Å²) in [6, 6.07) is 2.30.